The molecule has 1 aromatic heterocycles. The first-order valence-corrected chi connectivity index (χ1v) is 23.3. The summed E-state index contributed by atoms with van der Waals surface area (Å²) in [5.74, 6) is 0. The molecule has 12 rings (SSSR count). The van der Waals surface area contributed by atoms with Gasteiger partial charge in [-0.2, -0.15) is 0 Å². The number of aromatic nitrogens is 1. The molecule has 0 saturated heterocycles. The third-order valence-electron chi connectivity index (χ3n) is 13.2. The molecule has 0 spiro atoms. The first kappa shape index (κ1) is 40.5. The van der Waals surface area contributed by atoms with Crippen LogP contribution in [0.2, 0.25) is 0 Å². The van der Waals surface area contributed by atoms with E-state index in [4.69, 9.17) is 0 Å². The summed E-state index contributed by atoms with van der Waals surface area (Å²) in [6.45, 7) is 0. The van der Waals surface area contributed by atoms with Gasteiger partial charge in [0, 0.05) is 33.3 Å². The van der Waals surface area contributed by atoms with Crippen LogP contribution in [0.15, 0.2) is 279 Å². The Morgan fingerprint density at radius 1 is 0.235 bits per heavy atom. The Morgan fingerprint density at radius 3 is 1.25 bits per heavy atom. The summed E-state index contributed by atoms with van der Waals surface area (Å²) >= 11 is 0. The molecule has 12 aromatic rings. The van der Waals surface area contributed by atoms with Crippen molar-refractivity contribution in [3.05, 3.63) is 279 Å². The second kappa shape index (κ2) is 17.8. The maximum Gasteiger partial charge on any atom is 0.0541 e. The molecule has 0 aliphatic carbocycles. The lowest BCUT2D eigenvalue weighted by Gasteiger charge is -2.29. The summed E-state index contributed by atoms with van der Waals surface area (Å²) in [5.41, 5.74) is 20.8. The fourth-order valence-electron chi connectivity index (χ4n) is 9.89. The Labute approximate surface area is 397 Å². The molecule has 2 heteroatoms. The molecule has 11 aromatic carbocycles. The zero-order chi connectivity index (χ0) is 45.2. The molecule has 2 nitrogen and oxygen atoms in total. The van der Waals surface area contributed by atoms with Crippen molar-refractivity contribution < 1.29 is 0 Å². The minimum absolute atomic E-state index is 1.07. The quantitative estimate of drug-likeness (QED) is 0.133. The molecule has 0 bridgehead atoms. The Bertz CT molecular complexity index is 3650. The van der Waals surface area contributed by atoms with Crippen molar-refractivity contribution in [3.63, 3.8) is 0 Å². The fourth-order valence-corrected chi connectivity index (χ4v) is 9.89. The molecule has 0 atom stereocenters. The van der Waals surface area contributed by atoms with Gasteiger partial charge in [0.1, 0.15) is 0 Å². The molecular weight excluding hydrogens is 821 g/mol. The third kappa shape index (κ3) is 7.64. The van der Waals surface area contributed by atoms with Crippen molar-refractivity contribution in [2.45, 2.75) is 0 Å². The summed E-state index contributed by atoms with van der Waals surface area (Å²) in [4.78, 5) is 2.43. The van der Waals surface area contributed by atoms with Crippen LogP contribution >= 0.6 is 0 Å². The van der Waals surface area contributed by atoms with Crippen molar-refractivity contribution in [1.82, 2.24) is 4.57 Å². The highest BCUT2D eigenvalue weighted by Crippen LogP contribution is 2.46. The zero-order valence-corrected chi connectivity index (χ0v) is 37.5. The van der Waals surface area contributed by atoms with Crippen molar-refractivity contribution in [2.75, 3.05) is 4.90 Å². The maximum atomic E-state index is 2.43. The monoisotopic (exact) mass is 866 g/mol. The van der Waals surface area contributed by atoms with Gasteiger partial charge in [0.2, 0.25) is 0 Å². The summed E-state index contributed by atoms with van der Waals surface area (Å²) in [7, 11) is 0. The highest BCUT2D eigenvalue weighted by molar-refractivity contribution is 6.10. The van der Waals surface area contributed by atoms with Crippen LogP contribution in [0.3, 0.4) is 0 Å². The largest absolute Gasteiger partial charge is 0.310 e. The Kier molecular flexibility index (Phi) is 10.6. The Morgan fingerprint density at radius 2 is 0.647 bits per heavy atom. The van der Waals surface area contributed by atoms with Crippen LogP contribution in [-0.2, 0) is 0 Å². The van der Waals surface area contributed by atoms with Crippen molar-refractivity contribution >= 4 is 38.9 Å². The molecule has 0 unspecified atom stereocenters. The van der Waals surface area contributed by atoms with Gasteiger partial charge in [0.05, 0.1) is 22.4 Å². The van der Waals surface area contributed by atoms with E-state index in [9.17, 15) is 0 Å². The van der Waals surface area contributed by atoms with Gasteiger partial charge >= 0.3 is 0 Å². The van der Waals surface area contributed by atoms with Gasteiger partial charge < -0.3 is 9.47 Å². The SMILES string of the molecule is c1ccc(-c2ccc(-c3ccc(N(c4cccc(-c5ccccc5)c4)c4ccc(-c5ccccc5-n5c6ccccc6c6ccccc65)cc4-c4cccc(-c5ccccc5)c4)cc3)cc2)cc1. The topological polar surface area (TPSA) is 8.17 Å². The molecule has 68 heavy (non-hydrogen) atoms. The predicted octanol–water partition coefficient (Wildman–Crippen LogP) is 18.3. The lowest BCUT2D eigenvalue weighted by Crippen LogP contribution is -2.11. The molecule has 0 aliphatic rings. The number of benzene rings is 11. The van der Waals surface area contributed by atoms with Gasteiger partial charge in [-0.05, 0) is 116 Å². The minimum Gasteiger partial charge on any atom is -0.310 e. The van der Waals surface area contributed by atoms with Crippen LogP contribution in [0, 0.1) is 0 Å². The standard InChI is InChI=1S/C66H46N2/c1-4-18-47(19-5-1)50-34-36-51(37-35-50)52-38-41-57(42-39-52)67(58-27-17-25-54(45-58)49-22-8-3-9-23-49)66-43-40-56(46-62(66)55-26-16-24-53(44-55)48-20-6-2-7-21-48)59-28-10-13-31-63(59)68-64-32-14-11-29-60(64)61-30-12-15-33-65(61)68/h1-46H. The first-order chi connectivity index (χ1) is 33.7. The Balaban J connectivity index is 1.05. The number of fused-ring (bicyclic) bond motifs is 3. The first-order valence-electron chi connectivity index (χ1n) is 23.3. The number of nitrogens with zero attached hydrogens (tertiary/aromatic N) is 2. The van der Waals surface area contributed by atoms with Crippen LogP contribution in [-0.4, -0.2) is 4.57 Å². The highest BCUT2D eigenvalue weighted by atomic mass is 15.1. The van der Waals surface area contributed by atoms with Crippen LogP contribution in [0.25, 0.3) is 94.3 Å². The zero-order valence-electron chi connectivity index (χ0n) is 37.5. The molecule has 1 heterocycles. The van der Waals surface area contributed by atoms with Gasteiger partial charge in [0.25, 0.3) is 0 Å². The normalized spacial score (nSPS) is 11.2. The van der Waals surface area contributed by atoms with E-state index in [-0.39, 0.29) is 0 Å². The number of para-hydroxylation sites is 3. The summed E-state index contributed by atoms with van der Waals surface area (Å²) in [6, 6.07) is 101. The minimum atomic E-state index is 1.07. The third-order valence-corrected chi connectivity index (χ3v) is 13.2. The highest BCUT2D eigenvalue weighted by Gasteiger charge is 2.22. The molecule has 0 N–H and O–H groups in total. The van der Waals surface area contributed by atoms with Gasteiger partial charge in [-0.25, -0.2) is 0 Å². The number of anilines is 3. The summed E-state index contributed by atoms with van der Waals surface area (Å²) < 4.78 is 2.43. The van der Waals surface area contributed by atoms with E-state index in [0.717, 1.165) is 50.6 Å². The predicted molar refractivity (Wildman–Crippen MR) is 288 cm³/mol. The van der Waals surface area contributed by atoms with E-state index in [1.54, 1.807) is 0 Å². The van der Waals surface area contributed by atoms with Crippen molar-refractivity contribution in [1.29, 1.82) is 0 Å². The molecular formula is C66H46N2. The van der Waals surface area contributed by atoms with E-state index in [2.05, 4.69) is 289 Å². The van der Waals surface area contributed by atoms with Crippen LogP contribution < -0.4 is 4.90 Å². The molecule has 0 aliphatic heterocycles. The van der Waals surface area contributed by atoms with Gasteiger partial charge in [0.15, 0.2) is 0 Å². The van der Waals surface area contributed by atoms with E-state index in [1.807, 2.05) is 0 Å². The van der Waals surface area contributed by atoms with Crippen molar-refractivity contribution in [2.24, 2.45) is 0 Å². The van der Waals surface area contributed by atoms with E-state index < -0.39 is 0 Å². The van der Waals surface area contributed by atoms with Gasteiger partial charge in [-0.3, -0.25) is 0 Å². The molecule has 0 radical (unpaired) electrons. The van der Waals surface area contributed by atoms with Gasteiger partial charge in [-0.1, -0.05) is 218 Å². The molecule has 0 saturated carbocycles. The summed E-state index contributed by atoms with van der Waals surface area (Å²) in [6.07, 6.45) is 0. The molecule has 320 valence electrons. The van der Waals surface area contributed by atoms with Gasteiger partial charge in [-0.15, -0.1) is 0 Å². The van der Waals surface area contributed by atoms with Crippen LogP contribution in [0.5, 0.6) is 0 Å². The van der Waals surface area contributed by atoms with E-state index in [1.165, 1.54) is 60.8 Å². The molecule has 0 amide bonds. The maximum absolute atomic E-state index is 2.43. The average molecular weight is 867 g/mol. The lowest BCUT2D eigenvalue weighted by molar-refractivity contribution is 1.18. The Hall–Kier alpha value is -8.98. The van der Waals surface area contributed by atoms with Crippen molar-refractivity contribution in [3.8, 4) is 72.4 Å². The number of hydrogen-bond acceptors (Lipinski definition) is 1. The van der Waals surface area contributed by atoms with E-state index in [0.29, 0.717) is 0 Å². The van der Waals surface area contributed by atoms with E-state index >= 15 is 0 Å². The lowest BCUT2D eigenvalue weighted by atomic mass is 9.93. The number of hydrogen-bond donors (Lipinski definition) is 0. The average Bonchev–Trinajstić information content (AvgIpc) is 3.76. The second-order valence-electron chi connectivity index (χ2n) is 17.3. The smallest absolute Gasteiger partial charge is 0.0541 e. The fraction of sp³-hybridized carbons (Fsp3) is 0. The van der Waals surface area contributed by atoms with Crippen LogP contribution in [0.1, 0.15) is 0 Å². The number of rotatable bonds is 10. The second-order valence-corrected chi connectivity index (χ2v) is 17.3. The van der Waals surface area contributed by atoms with Crippen LogP contribution in [0.4, 0.5) is 17.1 Å². The summed E-state index contributed by atoms with van der Waals surface area (Å²) in [5, 5.41) is 2.49. The molecule has 0 fully saturated rings.